The molecule has 0 atom stereocenters. The van der Waals surface area contributed by atoms with E-state index in [1.807, 2.05) is 25.1 Å². The maximum Gasteiger partial charge on any atom is 0.251 e. The Morgan fingerprint density at radius 2 is 2.11 bits per heavy atom. The molecule has 0 spiro atoms. The highest BCUT2D eigenvalue weighted by atomic mass is 35.5. The number of nitrogens with one attached hydrogen (secondary N) is 2. The average Bonchev–Trinajstić information content (AvgIpc) is 3.35. The van der Waals surface area contributed by atoms with Gasteiger partial charge in [0, 0.05) is 29.8 Å². The molecule has 0 bridgehead atoms. The number of hydrogen-bond acceptors (Lipinski definition) is 4. The molecule has 3 aromatic rings. The van der Waals surface area contributed by atoms with Gasteiger partial charge in [0.05, 0.1) is 17.6 Å². The minimum Gasteiger partial charge on any atom is -0.382 e. The fraction of sp³-hybridized carbons (Fsp3) is 0.381. The molecule has 1 saturated carbocycles. The van der Waals surface area contributed by atoms with Crippen LogP contribution >= 0.6 is 11.6 Å². The lowest BCUT2D eigenvalue weighted by molar-refractivity contribution is 0.0950. The third kappa shape index (κ3) is 3.83. The van der Waals surface area contributed by atoms with Crippen LogP contribution in [0.2, 0.25) is 5.15 Å². The molecule has 28 heavy (non-hydrogen) atoms. The summed E-state index contributed by atoms with van der Waals surface area (Å²) in [6, 6.07) is 7.93. The first-order chi connectivity index (χ1) is 13.4. The van der Waals surface area contributed by atoms with Crippen LogP contribution in [-0.4, -0.2) is 33.1 Å². The number of halogens is 1. The largest absolute Gasteiger partial charge is 0.382 e. The van der Waals surface area contributed by atoms with E-state index < -0.39 is 0 Å². The lowest BCUT2D eigenvalue weighted by Crippen LogP contribution is -2.26. The summed E-state index contributed by atoms with van der Waals surface area (Å²) in [4.78, 5) is 16.9. The highest BCUT2D eigenvalue weighted by Crippen LogP contribution is 2.28. The van der Waals surface area contributed by atoms with Crippen molar-refractivity contribution in [1.29, 1.82) is 0 Å². The molecule has 146 valence electrons. The molecule has 4 rings (SSSR count). The van der Waals surface area contributed by atoms with Crippen molar-refractivity contribution in [2.24, 2.45) is 5.92 Å². The monoisotopic (exact) mass is 397 g/mol. The summed E-state index contributed by atoms with van der Waals surface area (Å²) in [5, 5.41) is 11.3. The van der Waals surface area contributed by atoms with Gasteiger partial charge in [-0.25, -0.2) is 9.50 Å². The minimum absolute atomic E-state index is 0.00830. The molecule has 2 heterocycles. The van der Waals surface area contributed by atoms with Crippen molar-refractivity contribution in [1.82, 2.24) is 19.9 Å². The van der Waals surface area contributed by atoms with Crippen LogP contribution < -0.4 is 10.6 Å². The van der Waals surface area contributed by atoms with Crippen molar-refractivity contribution >= 4 is 28.8 Å². The number of aromatic nitrogens is 3. The molecule has 0 unspecified atom stereocenters. The predicted octanol–water partition coefficient (Wildman–Crippen LogP) is 4.32. The fourth-order valence-electron chi connectivity index (χ4n) is 3.15. The Balaban J connectivity index is 1.69. The van der Waals surface area contributed by atoms with E-state index >= 15 is 0 Å². The lowest BCUT2D eigenvalue weighted by Gasteiger charge is -2.11. The van der Waals surface area contributed by atoms with E-state index in [4.69, 9.17) is 11.6 Å². The topological polar surface area (TPSA) is 71.3 Å². The highest BCUT2D eigenvalue weighted by molar-refractivity contribution is 6.29. The van der Waals surface area contributed by atoms with Gasteiger partial charge in [0.1, 0.15) is 0 Å². The van der Waals surface area contributed by atoms with Crippen molar-refractivity contribution in [3.8, 4) is 11.3 Å². The SMILES string of the molecule is Cc1cc(-c2cnc3c(NCC(C)C)cc(Cl)nn23)ccc1C(=O)NC1CC1. The molecular formula is C21H24ClN5O. The summed E-state index contributed by atoms with van der Waals surface area (Å²) in [6.45, 7) is 7.06. The summed E-state index contributed by atoms with van der Waals surface area (Å²) in [7, 11) is 0. The molecule has 0 saturated heterocycles. The van der Waals surface area contributed by atoms with Gasteiger partial charge in [-0.1, -0.05) is 31.5 Å². The zero-order valence-electron chi connectivity index (χ0n) is 16.3. The summed E-state index contributed by atoms with van der Waals surface area (Å²) in [6.07, 6.45) is 3.94. The van der Waals surface area contributed by atoms with E-state index in [9.17, 15) is 4.79 Å². The van der Waals surface area contributed by atoms with E-state index in [0.29, 0.717) is 22.7 Å². The number of amides is 1. The Morgan fingerprint density at radius 1 is 1.32 bits per heavy atom. The van der Waals surface area contributed by atoms with Crippen molar-refractivity contribution in [2.45, 2.75) is 39.7 Å². The Morgan fingerprint density at radius 3 is 2.79 bits per heavy atom. The van der Waals surface area contributed by atoms with Gasteiger partial charge in [-0.2, -0.15) is 5.10 Å². The number of carbonyl (C=O) groups is 1. The van der Waals surface area contributed by atoms with E-state index in [1.165, 1.54) is 0 Å². The van der Waals surface area contributed by atoms with Gasteiger partial charge in [0.15, 0.2) is 10.8 Å². The van der Waals surface area contributed by atoms with Crippen LogP contribution in [0.4, 0.5) is 5.69 Å². The molecule has 1 aliphatic rings. The van der Waals surface area contributed by atoms with Crippen LogP contribution in [0.5, 0.6) is 0 Å². The third-order valence-electron chi connectivity index (χ3n) is 4.82. The first-order valence-corrected chi connectivity index (χ1v) is 10.00. The molecule has 1 amide bonds. The predicted molar refractivity (Wildman–Crippen MR) is 112 cm³/mol. The summed E-state index contributed by atoms with van der Waals surface area (Å²) >= 11 is 6.26. The van der Waals surface area contributed by atoms with Gasteiger partial charge in [0.2, 0.25) is 0 Å². The second-order valence-electron chi connectivity index (χ2n) is 7.81. The lowest BCUT2D eigenvalue weighted by atomic mass is 10.0. The van der Waals surface area contributed by atoms with Gasteiger partial charge >= 0.3 is 0 Å². The van der Waals surface area contributed by atoms with Gasteiger partial charge in [-0.15, -0.1) is 0 Å². The van der Waals surface area contributed by atoms with Crippen LogP contribution in [0.3, 0.4) is 0 Å². The number of rotatable bonds is 6. The molecular weight excluding hydrogens is 374 g/mol. The number of carbonyl (C=O) groups excluding carboxylic acids is 1. The van der Waals surface area contributed by atoms with Crippen LogP contribution in [0.25, 0.3) is 16.9 Å². The number of imidazole rings is 1. The normalized spacial score (nSPS) is 13.9. The summed E-state index contributed by atoms with van der Waals surface area (Å²) in [5.74, 6) is 0.490. The van der Waals surface area contributed by atoms with Crippen molar-refractivity contribution in [2.75, 3.05) is 11.9 Å². The van der Waals surface area contributed by atoms with Gasteiger partial charge < -0.3 is 10.6 Å². The van der Waals surface area contributed by atoms with Crippen LogP contribution in [-0.2, 0) is 0 Å². The molecule has 1 fully saturated rings. The molecule has 1 aliphatic carbocycles. The van der Waals surface area contributed by atoms with Crippen molar-refractivity contribution < 1.29 is 4.79 Å². The Labute approximate surface area is 169 Å². The van der Waals surface area contributed by atoms with E-state index in [2.05, 4.69) is 34.6 Å². The average molecular weight is 398 g/mol. The van der Waals surface area contributed by atoms with Gasteiger partial charge in [-0.05, 0) is 43.4 Å². The highest BCUT2D eigenvalue weighted by Gasteiger charge is 2.24. The van der Waals surface area contributed by atoms with Gasteiger partial charge in [-0.3, -0.25) is 4.79 Å². The van der Waals surface area contributed by atoms with E-state index in [-0.39, 0.29) is 5.91 Å². The summed E-state index contributed by atoms with van der Waals surface area (Å²) < 4.78 is 1.75. The Hall–Kier alpha value is -2.60. The first-order valence-electron chi connectivity index (χ1n) is 9.62. The van der Waals surface area contributed by atoms with Gasteiger partial charge in [0.25, 0.3) is 5.91 Å². The quantitative estimate of drug-likeness (QED) is 0.649. The molecule has 0 aliphatic heterocycles. The Kier molecular flexibility index (Phi) is 4.98. The zero-order valence-corrected chi connectivity index (χ0v) is 17.0. The molecule has 2 aromatic heterocycles. The fourth-order valence-corrected chi connectivity index (χ4v) is 3.33. The molecule has 0 radical (unpaired) electrons. The number of nitrogens with zero attached hydrogens (tertiary/aromatic N) is 3. The van der Waals surface area contributed by atoms with Crippen LogP contribution in [0.1, 0.15) is 42.6 Å². The Bertz CT molecular complexity index is 1040. The third-order valence-corrected chi connectivity index (χ3v) is 5.00. The second kappa shape index (κ2) is 7.43. The standard InChI is InChI=1S/C21H24ClN5O/c1-12(2)10-23-17-9-19(22)26-27-18(11-24-20(17)27)14-4-7-16(13(3)8-14)21(28)25-15-5-6-15/h4,7-9,11-12,15,23H,5-6,10H2,1-3H3,(H,25,28). The molecule has 1 aromatic carbocycles. The second-order valence-corrected chi connectivity index (χ2v) is 8.20. The number of fused-ring (bicyclic) bond motifs is 1. The van der Waals surface area contributed by atoms with E-state index in [0.717, 1.165) is 47.5 Å². The van der Waals surface area contributed by atoms with Crippen LogP contribution in [0.15, 0.2) is 30.5 Å². The first kappa shape index (κ1) is 18.7. The number of aryl methyl sites for hydroxylation is 1. The maximum absolute atomic E-state index is 12.4. The van der Waals surface area contributed by atoms with Crippen molar-refractivity contribution in [3.63, 3.8) is 0 Å². The molecule has 6 nitrogen and oxygen atoms in total. The van der Waals surface area contributed by atoms with E-state index in [1.54, 1.807) is 16.8 Å². The number of benzene rings is 1. The number of hydrogen-bond donors (Lipinski definition) is 2. The number of anilines is 1. The minimum atomic E-state index is -0.00830. The zero-order chi connectivity index (χ0) is 19.8. The van der Waals surface area contributed by atoms with Crippen LogP contribution in [0, 0.1) is 12.8 Å². The molecule has 2 N–H and O–H groups in total. The smallest absolute Gasteiger partial charge is 0.251 e. The maximum atomic E-state index is 12.4. The summed E-state index contributed by atoms with van der Waals surface area (Å²) in [5.41, 5.74) is 4.99. The molecule has 7 heteroatoms. The van der Waals surface area contributed by atoms with Crippen molar-refractivity contribution in [3.05, 3.63) is 46.7 Å².